The second-order valence-corrected chi connectivity index (χ2v) is 8.33. The number of nitrogens with zero attached hydrogens (tertiary/aromatic N) is 3. The standard InChI is InChI=1S/C14H17N5O10S2/c15-13-16-7(6-30-13)9(18-28-5-8(20)21)11(22)17-10-12(23)19(29-31(24,25)26)14(10)1-3-27-4-2-14/h6,10H,1-5H2,(H2,15,16)(H,17,22)(H,20,21)(H,24,25,26)/b18-9-. The van der Waals surface area contributed by atoms with Crippen molar-refractivity contribution in [1.29, 1.82) is 0 Å². The van der Waals surface area contributed by atoms with Crippen molar-refractivity contribution >= 4 is 50.4 Å². The number of hydrogen-bond acceptors (Lipinski definition) is 12. The number of carbonyl (C=O) groups is 3. The number of nitrogens with two attached hydrogens (primary N) is 1. The van der Waals surface area contributed by atoms with Gasteiger partial charge in [0, 0.05) is 18.6 Å². The summed E-state index contributed by atoms with van der Waals surface area (Å²) < 4.78 is 40.8. The molecule has 5 N–H and O–H groups in total. The van der Waals surface area contributed by atoms with Crippen LogP contribution in [-0.2, 0) is 38.6 Å². The molecule has 2 aliphatic rings. The third kappa shape index (κ3) is 4.90. The van der Waals surface area contributed by atoms with Crippen molar-refractivity contribution in [3.8, 4) is 0 Å². The summed E-state index contributed by atoms with van der Waals surface area (Å²) in [5, 5.41) is 16.6. The first-order valence-corrected chi connectivity index (χ1v) is 10.8. The Morgan fingerprint density at radius 3 is 2.68 bits per heavy atom. The molecule has 31 heavy (non-hydrogen) atoms. The number of aromatic nitrogens is 1. The summed E-state index contributed by atoms with van der Waals surface area (Å²) in [5.41, 5.74) is 3.79. The molecule has 2 fully saturated rings. The van der Waals surface area contributed by atoms with E-state index in [-0.39, 0.29) is 36.9 Å². The lowest BCUT2D eigenvalue weighted by atomic mass is 9.74. The predicted molar refractivity (Wildman–Crippen MR) is 101 cm³/mol. The number of anilines is 1. The zero-order valence-electron chi connectivity index (χ0n) is 15.6. The van der Waals surface area contributed by atoms with Gasteiger partial charge >= 0.3 is 16.4 Å². The normalized spacial score (nSPS) is 20.9. The number of β-lactam (4-membered cyclic amide) rings is 1. The zero-order chi connectivity index (χ0) is 22.8. The number of hydroxylamine groups is 2. The Bertz CT molecular complexity index is 1020. The van der Waals surface area contributed by atoms with E-state index >= 15 is 0 Å². The van der Waals surface area contributed by atoms with Crippen molar-refractivity contribution in [2.45, 2.75) is 24.4 Å². The van der Waals surface area contributed by atoms with Gasteiger partial charge in [0.1, 0.15) is 17.3 Å². The van der Waals surface area contributed by atoms with Crippen LogP contribution in [0.5, 0.6) is 0 Å². The number of oxime groups is 1. The number of amides is 2. The molecule has 1 aromatic rings. The molecule has 0 aromatic carbocycles. The minimum atomic E-state index is -4.99. The lowest BCUT2D eigenvalue weighted by molar-refractivity contribution is -0.240. The van der Waals surface area contributed by atoms with E-state index in [9.17, 15) is 22.8 Å². The van der Waals surface area contributed by atoms with E-state index in [2.05, 4.69) is 24.6 Å². The highest BCUT2D eigenvalue weighted by molar-refractivity contribution is 7.80. The number of carboxylic acids is 1. The fourth-order valence-electron chi connectivity index (χ4n) is 3.19. The van der Waals surface area contributed by atoms with Gasteiger partial charge < -0.3 is 25.7 Å². The number of hydrogen-bond donors (Lipinski definition) is 4. The highest BCUT2D eigenvalue weighted by atomic mass is 32.3. The molecule has 2 amide bonds. The van der Waals surface area contributed by atoms with Crippen LogP contribution in [0.1, 0.15) is 18.5 Å². The number of carboxylic acid groups (broad SMARTS) is 1. The maximum Gasteiger partial charge on any atom is 0.418 e. The Labute approximate surface area is 178 Å². The summed E-state index contributed by atoms with van der Waals surface area (Å²) in [6.07, 6.45) is 0.204. The van der Waals surface area contributed by atoms with Crippen molar-refractivity contribution in [2.75, 3.05) is 25.6 Å². The van der Waals surface area contributed by atoms with Crippen LogP contribution < -0.4 is 11.1 Å². The summed E-state index contributed by atoms with van der Waals surface area (Å²) in [6.45, 7) is -0.567. The van der Waals surface area contributed by atoms with E-state index in [1.54, 1.807) is 0 Å². The fourth-order valence-corrected chi connectivity index (χ4v) is 4.15. The van der Waals surface area contributed by atoms with Gasteiger partial charge in [0.2, 0.25) is 6.61 Å². The average Bonchev–Trinajstić information content (AvgIpc) is 3.13. The third-order valence-corrected chi connectivity index (χ3v) is 5.53. The molecule has 2 saturated heterocycles. The van der Waals surface area contributed by atoms with Gasteiger partial charge in [0.25, 0.3) is 11.8 Å². The van der Waals surface area contributed by atoms with Crippen molar-refractivity contribution in [3.05, 3.63) is 11.1 Å². The number of carbonyl (C=O) groups excluding carboxylic acids is 2. The van der Waals surface area contributed by atoms with Crippen molar-refractivity contribution < 1.29 is 46.3 Å². The first-order valence-electron chi connectivity index (χ1n) is 8.56. The predicted octanol–water partition coefficient (Wildman–Crippen LogP) is -1.86. The molecule has 15 nitrogen and oxygen atoms in total. The molecule has 1 aromatic heterocycles. The number of rotatable bonds is 8. The second kappa shape index (κ2) is 8.71. The molecular formula is C14H17N5O10S2. The van der Waals surface area contributed by atoms with E-state index < -0.39 is 52.1 Å². The Morgan fingerprint density at radius 1 is 1.45 bits per heavy atom. The third-order valence-electron chi connectivity index (χ3n) is 4.52. The molecule has 1 spiro atoms. The van der Waals surface area contributed by atoms with E-state index in [4.69, 9.17) is 20.1 Å². The summed E-state index contributed by atoms with van der Waals surface area (Å²) >= 11 is 0.985. The number of nitrogens with one attached hydrogen (secondary N) is 1. The van der Waals surface area contributed by atoms with Gasteiger partial charge in [0.15, 0.2) is 10.8 Å². The largest absolute Gasteiger partial charge is 0.479 e. The number of nitrogen functional groups attached to an aromatic ring is 1. The molecule has 17 heteroatoms. The van der Waals surface area contributed by atoms with Gasteiger partial charge in [-0.05, 0) is 12.8 Å². The Kier molecular flexibility index (Phi) is 6.41. The lowest BCUT2D eigenvalue weighted by Gasteiger charge is -2.56. The lowest BCUT2D eigenvalue weighted by Crippen LogP contribution is -2.80. The second-order valence-electron chi connectivity index (χ2n) is 6.44. The van der Waals surface area contributed by atoms with E-state index in [0.717, 1.165) is 11.3 Å². The number of ether oxygens (including phenoxy) is 1. The van der Waals surface area contributed by atoms with Crippen LogP contribution in [0.4, 0.5) is 5.13 Å². The molecule has 3 heterocycles. The summed E-state index contributed by atoms with van der Waals surface area (Å²) in [6, 6.07) is -1.24. The Balaban J connectivity index is 1.84. The molecule has 0 aliphatic carbocycles. The average molecular weight is 479 g/mol. The zero-order valence-corrected chi connectivity index (χ0v) is 17.2. The van der Waals surface area contributed by atoms with Gasteiger partial charge in [-0.15, -0.1) is 15.6 Å². The molecule has 1 unspecified atom stereocenters. The van der Waals surface area contributed by atoms with Crippen molar-refractivity contribution in [3.63, 3.8) is 0 Å². The summed E-state index contributed by atoms with van der Waals surface area (Å²) in [4.78, 5) is 44.5. The minimum Gasteiger partial charge on any atom is -0.479 e. The van der Waals surface area contributed by atoms with Crippen LogP contribution in [0.3, 0.4) is 0 Å². The number of aliphatic carboxylic acids is 1. The van der Waals surface area contributed by atoms with Crippen LogP contribution >= 0.6 is 11.3 Å². The monoisotopic (exact) mass is 479 g/mol. The molecule has 2 aliphatic heterocycles. The van der Waals surface area contributed by atoms with E-state index in [0.29, 0.717) is 5.06 Å². The SMILES string of the molecule is Nc1nc(/C(=N/OCC(=O)O)C(=O)NC2C(=O)N(OS(=O)(=O)O)C23CCOCC3)cs1. The van der Waals surface area contributed by atoms with Crippen LogP contribution in [-0.4, -0.2) is 83.0 Å². The fraction of sp³-hybridized carbons (Fsp3) is 0.500. The van der Waals surface area contributed by atoms with Crippen molar-refractivity contribution in [1.82, 2.24) is 15.4 Å². The first-order chi connectivity index (χ1) is 14.5. The van der Waals surface area contributed by atoms with Crippen LogP contribution in [0.15, 0.2) is 10.5 Å². The van der Waals surface area contributed by atoms with Gasteiger partial charge in [-0.3, -0.25) is 14.1 Å². The van der Waals surface area contributed by atoms with Crippen molar-refractivity contribution in [2.24, 2.45) is 5.16 Å². The molecular weight excluding hydrogens is 462 g/mol. The molecule has 0 bridgehead atoms. The minimum absolute atomic E-state index is 0.0239. The van der Waals surface area contributed by atoms with Gasteiger partial charge in [-0.1, -0.05) is 5.16 Å². The Hall–Kier alpha value is -2.86. The van der Waals surface area contributed by atoms with Gasteiger partial charge in [0.05, 0.1) is 0 Å². The molecule has 170 valence electrons. The Morgan fingerprint density at radius 2 is 2.13 bits per heavy atom. The highest BCUT2D eigenvalue weighted by Gasteiger charge is 2.64. The maximum atomic E-state index is 12.8. The topological polar surface area (TPSA) is 220 Å². The van der Waals surface area contributed by atoms with E-state index in [1.807, 2.05) is 0 Å². The smallest absolute Gasteiger partial charge is 0.418 e. The van der Waals surface area contributed by atoms with E-state index in [1.165, 1.54) is 5.38 Å². The van der Waals surface area contributed by atoms with Crippen LogP contribution in [0, 0.1) is 0 Å². The van der Waals surface area contributed by atoms with Crippen LogP contribution in [0.2, 0.25) is 0 Å². The van der Waals surface area contributed by atoms with Crippen LogP contribution in [0.25, 0.3) is 0 Å². The molecule has 3 rings (SSSR count). The first kappa shape index (κ1) is 22.8. The van der Waals surface area contributed by atoms with Gasteiger partial charge in [-0.25, -0.2) is 9.78 Å². The maximum absolute atomic E-state index is 12.8. The number of thiazole rings is 1. The molecule has 0 saturated carbocycles. The summed E-state index contributed by atoms with van der Waals surface area (Å²) in [7, 11) is -4.99. The molecule has 1 atom stereocenters. The molecule has 0 radical (unpaired) electrons. The highest BCUT2D eigenvalue weighted by Crippen LogP contribution is 2.41. The quantitative estimate of drug-likeness (QED) is 0.140. The van der Waals surface area contributed by atoms with Gasteiger partial charge in [-0.2, -0.15) is 13.5 Å². The summed E-state index contributed by atoms with van der Waals surface area (Å²) in [5.74, 6) is -3.22.